The molecule has 2 N–H and O–H groups in total. The number of anilines is 2. The molecule has 0 unspecified atom stereocenters. The van der Waals surface area contributed by atoms with E-state index in [2.05, 4.69) is 15.6 Å². The van der Waals surface area contributed by atoms with E-state index >= 15 is 0 Å². The highest BCUT2D eigenvalue weighted by atomic mass is 32.2. The average Bonchev–Trinajstić information content (AvgIpc) is 3.16. The van der Waals surface area contributed by atoms with Gasteiger partial charge in [-0.2, -0.15) is 11.8 Å². The van der Waals surface area contributed by atoms with Crippen molar-refractivity contribution in [2.45, 2.75) is 19.0 Å². The van der Waals surface area contributed by atoms with Crippen molar-refractivity contribution in [3.8, 4) is 0 Å². The number of amides is 2. The highest BCUT2D eigenvalue weighted by Crippen LogP contribution is 2.21. The third-order valence-corrected chi connectivity index (χ3v) is 5.29. The van der Waals surface area contributed by atoms with Crippen LogP contribution < -0.4 is 10.6 Å². The number of benzene rings is 1. The van der Waals surface area contributed by atoms with Crippen molar-refractivity contribution in [3.63, 3.8) is 0 Å². The maximum atomic E-state index is 12.2. The molecule has 0 spiro atoms. The van der Waals surface area contributed by atoms with Crippen molar-refractivity contribution in [3.05, 3.63) is 54.4 Å². The molecule has 5 nitrogen and oxygen atoms in total. The molecule has 3 rings (SSSR count). The molecule has 6 heteroatoms. The summed E-state index contributed by atoms with van der Waals surface area (Å²) in [6.45, 7) is 0.540. The molecule has 1 aromatic heterocycles. The number of nitrogens with one attached hydrogen (secondary N) is 2. The zero-order valence-electron chi connectivity index (χ0n) is 13.7. The number of urea groups is 1. The van der Waals surface area contributed by atoms with Crippen LogP contribution in [0.1, 0.15) is 12.0 Å². The van der Waals surface area contributed by atoms with Crippen LogP contribution in [-0.4, -0.2) is 40.5 Å². The zero-order valence-corrected chi connectivity index (χ0v) is 14.6. The van der Waals surface area contributed by atoms with Crippen molar-refractivity contribution in [2.24, 2.45) is 0 Å². The Bertz CT molecular complexity index is 656. The molecule has 1 aromatic carbocycles. The molecule has 0 saturated carbocycles. The first-order chi connectivity index (χ1) is 11.7. The van der Waals surface area contributed by atoms with Gasteiger partial charge in [-0.15, -0.1) is 0 Å². The highest BCUT2D eigenvalue weighted by Gasteiger charge is 2.23. The molecular formula is C18H22N4OS. The van der Waals surface area contributed by atoms with E-state index in [4.69, 9.17) is 0 Å². The van der Waals surface area contributed by atoms with Crippen LogP contribution in [0, 0.1) is 0 Å². The number of aromatic nitrogens is 1. The van der Waals surface area contributed by atoms with Gasteiger partial charge in [0, 0.05) is 49.2 Å². The van der Waals surface area contributed by atoms with Gasteiger partial charge in [0.1, 0.15) is 0 Å². The van der Waals surface area contributed by atoms with Gasteiger partial charge in [-0.25, -0.2) is 4.79 Å². The quantitative estimate of drug-likeness (QED) is 0.873. The second-order valence-electron chi connectivity index (χ2n) is 5.84. The van der Waals surface area contributed by atoms with Crippen LogP contribution in [0.2, 0.25) is 0 Å². The summed E-state index contributed by atoms with van der Waals surface area (Å²) < 4.78 is 0. The monoisotopic (exact) mass is 342 g/mol. The average molecular weight is 342 g/mol. The predicted octanol–water partition coefficient (Wildman–Crippen LogP) is 3.47. The van der Waals surface area contributed by atoms with Crippen molar-refractivity contribution in [2.75, 3.05) is 23.9 Å². The van der Waals surface area contributed by atoms with Crippen LogP contribution in [0.25, 0.3) is 0 Å². The molecule has 1 fully saturated rings. The fourth-order valence-electron chi connectivity index (χ4n) is 2.60. The number of nitrogens with zero attached hydrogens (tertiary/aromatic N) is 2. The summed E-state index contributed by atoms with van der Waals surface area (Å²) in [6.07, 6.45) is 4.60. The fourth-order valence-corrected chi connectivity index (χ4v) is 3.87. The summed E-state index contributed by atoms with van der Waals surface area (Å²) in [5.41, 5.74) is 3.09. The number of hydrogen-bond acceptors (Lipinski definition) is 4. The fraction of sp³-hybridized carbons (Fsp3) is 0.333. The van der Waals surface area contributed by atoms with Gasteiger partial charge in [0.25, 0.3) is 0 Å². The van der Waals surface area contributed by atoms with E-state index in [1.165, 1.54) is 0 Å². The Morgan fingerprint density at radius 3 is 2.58 bits per heavy atom. The van der Waals surface area contributed by atoms with E-state index in [9.17, 15) is 4.79 Å². The molecule has 2 heterocycles. The summed E-state index contributed by atoms with van der Waals surface area (Å²) in [5, 5.41) is 6.31. The van der Waals surface area contributed by atoms with Crippen molar-refractivity contribution < 1.29 is 4.79 Å². The lowest BCUT2D eigenvalue weighted by molar-refractivity contribution is 0.195. The Kier molecular flexibility index (Phi) is 5.59. The van der Waals surface area contributed by atoms with Crippen LogP contribution in [0.5, 0.6) is 0 Å². The zero-order chi connectivity index (χ0) is 16.8. The molecular weight excluding hydrogens is 320 g/mol. The smallest absolute Gasteiger partial charge is 0.317 e. The van der Waals surface area contributed by atoms with E-state index in [1.807, 2.05) is 60.1 Å². The Balaban J connectivity index is 1.50. The first kappa shape index (κ1) is 16.6. The van der Waals surface area contributed by atoms with Crippen LogP contribution >= 0.6 is 11.8 Å². The molecule has 0 aliphatic carbocycles. The molecule has 1 saturated heterocycles. The minimum absolute atomic E-state index is 0.00138. The number of pyridine rings is 1. The minimum atomic E-state index is 0.00138. The van der Waals surface area contributed by atoms with Crippen LogP contribution in [0.4, 0.5) is 16.2 Å². The third kappa shape index (κ3) is 4.41. The summed E-state index contributed by atoms with van der Waals surface area (Å²) in [7, 11) is 1.88. The molecule has 1 aliphatic rings. The van der Waals surface area contributed by atoms with E-state index in [0.717, 1.165) is 34.9 Å². The highest BCUT2D eigenvalue weighted by molar-refractivity contribution is 7.99. The molecule has 1 aliphatic heterocycles. The van der Waals surface area contributed by atoms with Crippen LogP contribution in [-0.2, 0) is 6.54 Å². The number of hydrogen-bond donors (Lipinski definition) is 2. The van der Waals surface area contributed by atoms with Gasteiger partial charge >= 0.3 is 6.03 Å². The Morgan fingerprint density at radius 1 is 1.21 bits per heavy atom. The van der Waals surface area contributed by atoms with Gasteiger partial charge in [-0.05, 0) is 42.0 Å². The SMILES string of the molecule is CN(C(=O)NCc1ccc(Nc2ccncc2)cc1)[C@H]1CCSC1. The predicted molar refractivity (Wildman–Crippen MR) is 99.7 cm³/mol. The molecule has 24 heavy (non-hydrogen) atoms. The van der Waals surface area contributed by atoms with E-state index < -0.39 is 0 Å². The lowest BCUT2D eigenvalue weighted by atomic mass is 10.2. The van der Waals surface area contributed by atoms with Crippen molar-refractivity contribution >= 4 is 29.2 Å². The Morgan fingerprint density at radius 2 is 1.92 bits per heavy atom. The van der Waals surface area contributed by atoms with Gasteiger partial charge in [0.05, 0.1) is 0 Å². The lowest BCUT2D eigenvalue weighted by Crippen LogP contribution is -2.43. The van der Waals surface area contributed by atoms with E-state index in [1.54, 1.807) is 12.4 Å². The summed E-state index contributed by atoms with van der Waals surface area (Å²) >= 11 is 1.91. The Labute approximate surface area is 146 Å². The molecule has 2 amide bonds. The number of rotatable bonds is 5. The standard InChI is InChI=1S/C18H22N4OS/c1-22(17-8-11-24-13-17)18(23)20-12-14-2-4-15(5-3-14)21-16-6-9-19-10-7-16/h2-7,9-10,17H,8,11-13H2,1H3,(H,19,21)(H,20,23)/t17-/m0/s1. The van der Waals surface area contributed by atoms with Crippen molar-refractivity contribution in [1.82, 2.24) is 15.2 Å². The maximum absolute atomic E-state index is 12.2. The molecule has 0 radical (unpaired) electrons. The Hall–Kier alpha value is -2.21. The van der Waals surface area contributed by atoms with Gasteiger partial charge < -0.3 is 15.5 Å². The largest absolute Gasteiger partial charge is 0.355 e. The van der Waals surface area contributed by atoms with Gasteiger partial charge in [-0.3, -0.25) is 4.98 Å². The maximum Gasteiger partial charge on any atom is 0.317 e. The molecule has 126 valence electrons. The molecule has 0 bridgehead atoms. The lowest BCUT2D eigenvalue weighted by Gasteiger charge is -2.24. The van der Waals surface area contributed by atoms with Crippen LogP contribution in [0.15, 0.2) is 48.8 Å². The summed E-state index contributed by atoms with van der Waals surface area (Å²) in [4.78, 5) is 18.0. The van der Waals surface area contributed by atoms with Gasteiger partial charge in [0.2, 0.25) is 0 Å². The van der Waals surface area contributed by atoms with Gasteiger partial charge in [0.15, 0.2) is 0 Å². The second-order valence-corrected chi connectivity index (χ2v) is 6.99. The normalized spacial score (nSPS) is 16.6. The first-order valence-corrected chi connectivity index (χ1v) is 9.22. The summed E-state index contributed by atoms with van der Waals surface area (Å²) in [6, 6.07) is 12.3. The number of carbonyl (C=O) groups is 1. The summed E-state index contributed by atoms with van der Waals surface area (Å²) in [5.74, 6) is 2.19. The molecule has 2 aromatic rings. The van der Waals surface area contributed by atoms with Crippen molar-refractivity contribution in [1.29, 1.82) is 0 Å². The van der Waals surface area contributed by atoms with Gasteiger partial charge in [-0.1, -0.05) is 12.1 Å². The number of carbonyl (C=O) groups excluding carboxylic acids is 1. The first-order valence-electron chi connectivity index (χ1n) is 8.07. The molecule has 1 atom stereocenters. The third-order valence-electron chi connectivity index (χ3n) is 4.14. The van der Waals surface area contributed by atoms with E-state index in [-0.39, 0.29) is 6.03 Å². The number of thioether (sulfide) groups is 1. The van der Waals surface area contributed by atoms with E-state index in [0.29, 0.717) is 12.6 Å². The minimum Gasteiger partial charge on any atom is -0.355 e. The second kappa shape index (κ2) is 8.06. The topological polar surface area (TPSA) is 57.3 Å². The van der Waals surface area contributed by atoms with Crippen LogP contribution in [0.3, 0.4) is 0 Å².